The van der Waals surface area contributed by atoms with Gasteiger partial charge in [0.1, 0.15) is 5.02 Å². The van der Waals surface area contributed by atoms with Gasteiger partial charge in [-0.15, -0.1) is 0 Å². The van der Waals surface area contributed by atoms with Crippen LogP contribution < -0.4 is 0 Å². The summed E-state index contributed by atoms with van der Waals surface area (Å²) in [7, 11) is 0. The van der Waals surface area contributed by atoms with E-state index in [0.717, 1.165) is 24.3 Å². The molecule has 0 saturated carbocycles. The van der Waals surface area contributed by atoms with Gasteiger partial charge in [0.25, 0.3) is 11.4 Å². The van der Waals surface area contributed by atoms with Crippen LogP contribution in [0.25, 0.3) is 0 Å². The van der Waals surface area contributed by atoms with Gasteiger partial charge in [-0.3, -0.25) is 20.2 Å². The molecule has 2 aromatic carbocycles. The minimum Gasteiger partial charge on any atom is -0.258 e. The predicted octanol–water partition coefficient (Wildman–Crippen LogP) is 4.57. The Morgan fingerprint density at radius 1 is 0.957 bits per heavy atom. The van der Waals surface area contributed by atoms with E-state index < -0.39 is 33.0 Å². The Labute approximate surface area is 132 Å². The second-order valence-corrected chi connectivity index (χ2v) is 4.55. The van der Waals surface area contributed by atoms with Gasteiger partial charge < -0.3 is 0 Å². The maximum absolute atomic E-state index is 12.4. The number of non-ortho nitro benzene ring substituents is 1. The van der Waals surface area contributed by atoms with E-state index in [4.69, 9.17) is 11.6 Å². The van der Waals surface area contributed by atoms with Crippen molar-refractivity contribution in [3.8, 4) is 0 Å². The van der Waals surface area contributed by atoms with Gasteiger partial charge in [-0.1, -0.05) is 17.7 Å². The van der Waals surface area contributed by atoms with Gasteiger partial charge in [0.2, 0.25) is 0 Å². The lowest BCUT2D eigenvalue weighted by Crippen LogP contribution is -1.92. The van der Waals surface area contributed by atoms with Gasteiger partial charge in [0.05, 0.1) is 15.9 Å². The Morgan fingerprint density at radius 2 is 1.57 bits per heavy atom. The van der Waals surface area contributed by atoms with Crippen LogP contribution in [0.3, 0.4) is 0 Å². The molecule has 0 bridgehead atoms. The molecule has 0 unspecified atom stereocenters. The number of halogens is 4. The van der Waals surface area contributed by atoms with Crippen molar-refractivity contribution >= 4 is 23.0 Å². The highest BCUT2D eigenvalue weighted by Gasteiger charge is 2.17. The zero-order chi connectivity index (χ0) is 17.7. The molecule has 122 valence electrons. The molecule has 0 aliphatic rings. The average Bonchev–Trinajstić information content (AvgIpc) is 2.49. The number of hydrogen-bond acceptors (Lipinski definition) is 4. The normalized spacial score (nSPS) is 9.78. The Kier molecular flexibility index (Phi) is 6.02. The number of nitro benzene ring substituents is 2. The van der Waals surface area contributed by atoms with Crippen LogP contribution in [0.2, 0.25) is 5.02 Å². The molecule has 0 spiro atoms. The number of aryl methyl sites for hydroxylation is 1. The molecular weight excluding hydrogens is 341 g/mol. The lowest BCUT2D eigenvalue weighted by atomic mass is 10.2. The summed E-state index contributed by atoms with van der Waals surface area (Å²) in [4.78, 5) is 19.0. The van der Waals surface area contributed by atoms with Crippen molar-refractivity contribution in [2.45, 2.75) is 6.92 Å². The first kappa shape index (κ1) is 18.4. The van der Waals surface area contributed by atoms with E-state index >= 15 is 0 Å². The molecule has 0 amide bonds. The number of rotatable bonds is 2. The zero-order valence-corrected chi connectivity index (χ0v) is 12.2. The fourth-order valence-electron chi connectivity index (χ4n) is 1.38. The Morgan fingerprint density at radius 3 is 2.04 bits per heavy atom. The van der Waals surface area contributed by atoms with Gasteiger partial charge in [-0.05, 0) is 24.6 Å². The van der Waals surface area contributed by atoms with Gasteiger partial charge in [0, 0.05) is 6.07 Å². The van der Waals surface area contributed by atoms with Crippen molar-refractivity contribution in [1.82, 2.24) is 0 Å². The molecule has 0 fully saturated rings. The fourth-order valence-corrected chi connectivity index (χ4v) is 1.56. The summed E-state index contributed by atoms with van der Waals surface area (Å²) < 4.78 is 36.8. The van der Waals surface area contributed by atoms with Crippen molar-refractivity contribution in [3.05, 3.63) is 78.6 Å². The standard InChI is InChI=1S/C7H5F3.C6H3ClN2O4/c1-4-2-3-5(8)7(10)6(4)9;7-5-2-1-4(8(10)11)3-6(5)9(12)13/h2-3H,1H3;1-3H. The summed E-state index contributed by atoms with van der Waals surface area (Å²) in [6.07, 6.45) is 0. The van der Waals surface area contributed by atoms with Crippen LogP contribution in [-0.4, -0.2) is 9.85 Å². The third-order valence-electron chi connectivity index (χ3n) is 2.57. The zero-order valence-electron chi connectivity index (χ0n) is 11.4. The molecule has 0 aromatic heterocycles. The predicted molar refractivity (Wildman–Crippen MR) is 75.8 cm³/mol. The Bertz CT molecular complexity index is 744. The van der Waals surface area contributed by atoms with Crippen molar-refractivity contribution in [1.29, 1.82) is 0 Å². The highest BCUT2D eigenvalue weighted by atomic mass is 35.5. The lowest BCUT2D eigenvalue weighted by Gasteiger charge is -1.96. The molecule has 0 N–H and O–H groups in total. The minimum absolute atomic E-state index is 0.110. The van der Waals surface area contributed by atoms with Crippen molar-refractivity contribution in [2.24, 2.45) is 0 Å². The summed E-state index contributed by atoms with van der Waals surface area (Å²) in [6.45, 7) is 1.37. The van der Waals surface area contributed by atoms with Crippen molar-refractivity contribution in [3.63, 3.8) is 0 Å². The van der Waals surface area contributed by atoms with Crippen LogP contribution in [0.5, 0.6) is 0 Å². The monoisotopic (exact) mass is 348 g/mol. The minimum atomic E-state index is -1.40. The molecule has 0 saturated heterocycles. The van der Waals surface area contributed by atoms with Crippen LogP contribution in [0.1, 0.15) is 5.56 Å². The molecule has 0 radical (unpaired) electrons. The van der Waals surface area contributed by atoms with Crippen LogP contribution >= 0.6 is 11.6 Å². The largest absolute Gasteiger partial charge is 0.294 e. The summed E-state index contributed by atoms with van der Waals surface area (Å²) in [5, 5.41) is 20.4. The van der Waals surface area contributed by atoms with Crippen LogP contribution in [0.15, 0.2) is 30.3 Å². The molecule has 0 heterocycles. The molecule has 0 atom stereocenters. The van der Waals surface area contributed by atoms with E-state index in [2.05, 4.69) is 0 Å². The maximum Gasteiger partial charge on any atom is 0.294 e. The average molecular weight is 349 g/mol. The summed E-state index contributed by atoms with van der Waals surface area (Å²) >= 11 is 5.43. The molecule has 2 rings (SSSR count). The molecule has 2 aromatic rings. The number of benzene rings is 2. The third kappa shape index (κ3) is 4.65. The van der Waals surface area contributed by atoms with E-state index in [9.17, 15) is 33.4 Å². The van der Waals surface area contributed by atoms with Gasteiger partial charge in [-0.25, -0.2) is 13.2 Å². The van der Waals surface area contributed by atoms with E-state index in [1.165, 1.54) is 13.0 Å². The summed E-state index contributed by atoms with van der Waals surface area (Å²) in [5.74, 6) is -3.66. The number of nitrogens with zero attached hydrogens (tertiary/aromatic N) is 2. The van der Waals surface area contributed by atoms with Crippen LogP contribution in [0, 0.1) is 44.6 Å². The molecular formula is C13H8ClF3N2O4. The second kappa shape index (κ2) is 7.54. The highest BCUT2D eigenvalue weighted by Crippen LogP contribution is 2.28. The summed E-state index contributed by atoms with van der Waals surface area (Å²) in [5.41, 5.74) is -0.703. The van der Waals surface area contributed by atoms with E-state index in [1.54, 1.807) is 0 Å². The molecule has 10 heteroatoms. The second-order valence-electron chi connectivity index (χ2n) is 4.14. The quantitative estimate of drug-likeness (QED) is 0.452. The highest BCUT2D eigenvalue weighted by molar-refractivity contribution is 6.32. The lowest BCUT2D eigenvalue weighted by molar-refractivity contribution is -0.394. The van der Waals surface area contributed by atoms with Gasteiger partial charge in [0.15, 0.2) is 17.5 Å². The first-order chi connectivity index (χ1) is 10.6. The molecule has 23 heavy (non-hydrogen) atoms. The van der Waals surface area contributed by atoms with E-state index in [0.29, 0.717) is 0 Å². The number of hydrogen-bond donors (Lipinski definition) is 0. The Hall–Kier alpha value is -2.68. The van der Waals surface area contributed by atoms with Gasteiger partial charge in [-0.2, -0.15) is 0 Å². The summed E-state index contributed by atoms with van der Waals surface area (Å²) in [6, 6.07) is 5.14. The fraction of sp³-hybridized carbons (Fsp3) is 0.0769. The van der Waals surface area contributed by atoms with Crippen molar-refractivity contribution < 1.29 is 23.0 Å². The maximum atomic E-state index is 12.4. The van der Waals surface area contributed by atoms with Crippen LogP contribution in [-0.2, 0) is 0 Å². The molecule has 6 nitrogen and oxygen atoms in total. The van der Waals surface area contributed by atoms with E-state index in [1.807, 2.05) is 0 Å². The first-order valence-corrected chi connectivity index (χ1v) is 6.21. The van der Waals surface area contributed by atoms with Gasteiger partial charge >= 0.3 is 0 Å². The number of nitro groups is 2. The molecule has 0 aliphatic heterocycles. The Balaban J connectivity index is 0.000000238. The van der Waals surface area contributed by atoms with Crippen molar-refractivity contribution in [2.75, 3.05) is 0 Å². The first-order valence-electron chi connectivity index (χ1n) is 5.83. The van der Waals surface area contributed by atoms with Crippen LogP contribution in [0.4, 0.5) is 24.5 Å². The molecule has 0 aliphatic carbocycles. The smallest absolute Gasteiger partial charge is 0.258 e. The topological polar surface area (TPSA) is 86.3 Å². The third-order valence-corrected chi connectivity index (χ3v) is 2.89. The van der Waals surface area contributed by atoms with E-state index in [-0.39, 0.29) is 16.3 Å². The SMILES string of the molecule is Cc1ccc(F)c(F)c1F.O=[N+]([O-])c1ccc(Cl)c([N+](=O)[O-])c1.